The Morgan fingerprint density at radius 1 is 0.917 bits per heavy atom. The van der Waals surface area contributed by atoms with Gasteiger partial charge < -0.3 is 0 Å². The standard InChI is InChI=1S/C12H17/c1-2-4-6-8-10-12-11-9-7-5-3-1/h1-3,6,8H,4,7,9-12H2/b2-1+,5-3?,8-6+. The van der Waals surface area contributed by atoms with Crippen LogP contribution in [0.3, 0.4) is 0 Å². The number of allylic oxidation sites excluding steroid dienone is 6. The fraction of sp³-hybridized carbons (Fsp3) is 0.500. The van der Waals surface area contributed by atoms with Crippen LogP contribution in [0.4, 0.5) is 0 Å². The lowest BCUT2D eigenvalue weighted by Crippen LogP contribution is -1.76. The second-order valence-corrected chi connectivity index (χ2v) is 3.11. The largest absolute Gasteiger partial charge is 0.0882 e. The molecule has 0 fully saturated rings. The lowest BCUT2D eigenvalue weighted by Gasteiger charge is -1.95. The zero-order valence-corrected chi connectivity index (χ0v) is 7.63. The Hall–Kier alpha value is -0.780. The molecular weight excluding hydrogens is 144 g/mol. The van der Waals surface area contributed by atoms with Crippen molar-refractivity contribution in [2.45, 2.75) is 38.5 Å². The molecule has 0 aromatic carbocycles. The molecule has 0 saturated heterocycles. The van der Waals surface area contributed by atoms with E-state index in [4.69, 9.17) is 0 Å². The van der Waals surface area contributed by atoms with E-state index in [0.717, 1.165) is 12.8 Å². The van der Waals surface area contributed by atoms with Gasteiger partial charge in [-0.3, -0.25) is 0 Å². The van der Waals surface area contributed by atoms with Crippen LogP contribution in [0.5, 0.6) is 0 Å². The molecule has 0 saturated carbocycles. The van der Waals surface area contributed by atoms with Gasteiger partial charge in [-0.1, -0.05) is 36.8 Å². The highest BCUT2D eigenvalue weighted by Crippen LogP contribution is 2.05. The molecule has 0 spiro atoms. The minimum atomic E-state index is 1.07. The predicted molar refractivity (Wildman–Crippen MR) is 53.8 cm³/mol. The molecule has 0 aliphatic heterocycles. The summed E-state index contributed by atoms with van der Waals surface area (Å²) in [6, 6.07) is 0. The van der Waals surface area contributed by atoms with Crippen LogP contribution in [0.2, 0.25) is 0 Å². The van der Waals surface area contributed by atoms with E-state index in [0.29, 0.717) is 0 Å². The lowest BCUT2D eigenvalue weighted by atomic mass is 10.1. The Labute approximate surface area is 75.7 Å². The van der Waals surface area contributed by atoms with Gasteiger partial charge in [-0.25, -0.2) is 0 Å². The van der Waals surface area contributed by atoms with E-state index in [1.165, 1.54) is 25.7 Å². The topological polar surface area (TPSA) is 0 Å². The summed E-state index contributed by atoms with van der Waals surface area (Å²) in [5.74, 6) is 0. The highest BCUT2D eigenvalue weighted by Gasteiger charge is 1.86. The van der Waals surface area contributed by atoms with Crippen molar-refractivity contribution in [2.75, 3.05) is 0 Å². The summed E-state index contributed by atoms with van der Waals surface area (Å²) in [5, 5.41) is 0. The van der Waals surface area contributed by atoms with Crippen molar-refractivity contribution in [3.8, 4) is 0 Å². The van der Waals surface area contributed by atoms with Crippen molar-refractivity contribution >= 4 is 0 Å². The first-order valence-corrected chi connectivity index (χ1v) is 4.87. The molecule has 12 heavy (non-hydrogen) atoms. The molecule has 1 radical (unpaired) electrons. The third-order valence-electron chi connectivity index (χ3n) is 1.98. The Morgan fingerprint density at radius 2 is 1.92 bits per heavy atom. The summed E-state index contributed by atoms with van der Waals surface area (Å²) < 4.78 is 0. The van der Waals surface area contributed by atoms with Crippen LogP contribution in [-0.4, -0.2) is 0 Å². The molecule has 0 aromatic rings. The highest BCUT2D eigenvalue weighted by molar-refractivity contribution is 5.02. The van der Waals surface area contributed by atoms with E-state index in [2.05, 4.69) is 30.4 Å². The second kappa shape index (κ2) is 6.90. The van der Waals surface area contributed by atoms with E-state index in [1.54, 1.807) is 0 Å². The van der Waals surface area contributed by atoms with Crippen molar-refractivity contribution in [1.29, 1.82) is 0 Å². The van der Waals surface area contributed by atoms with E-state index >= 15 is 0 Å². The third-order valence-corrected chi connectivity index (χ3v) is 1.98. The summed E-state index contributed by atoms with van der Waals surface area (Å²) >= 11 is 0. The number of hydrogen-bond acceptors (Lipinski definition) is 0. The summed E-state index contributed by atoms with van der Waals surface area (Å²) in [4.78, 5) is 0. The van der Waals surface area contributed by atoms with Gasteiger partial charge in [0.1, 0.15) is 0 Å². The summed E-state index contributed by atoms with van der Waals surface area (Å²) in [5.41, 5.74) is 0. The molecule has 0 heteroatoms. The first-order valence-electron chi connectivity index (χ1n) is 4.87. The average molecular weight is 161 g/mol. The maximum absolute atomic E-state index is 3.27. The van der Waals surface area contributed by atoms with Gasteiger partial charge in [0.15, 0.2) is 0 Å². The second-order valence-electron chi connectivity index (χ2n) is 3.11. The van der Waals surface area contributed by atoms with Gasteiger partial charge in [-0.15, -0.1) is 0 Å². The zero-order valence-electron chi connectivity index (χ0n) is 7.63. The number of rotatable bonds is 0. The summed E-state index contributed by atoms with van der Waals surface area (Å²) in [6.07, 6.45) is 21.5. The van der Waals surface area contributed by atoms with Gasteiger partial charge in [0, 0.05) is 0 Å². The molecule has 0 atom stereocenters. The molecule has 0 bridgehead atoms. The van der Waals surface area contributed by atoms with Crippen LogP contribution in [-0.2, 0) is 0 Å². The van der Waals surface area contributed by atoms with E-state index in [-0.39, 0.29) is 0 Å². The first kappa shape index (κ1) is 9.31. The smallest absolute Gasteiger partial charge is 0.0166 e. The fourth-order valence-electron chi connectivity index (χ4n) is 1.26. The monoisotopic (exact) mass is 161 g/mol. The third kappa shape index (κ3) is 4.95. The zero-order chi connectivity index (χ0) is 8.49. The Kier molecular flexibility index (Phi) is 5.35. The molecule has 1 aliphatic rings. The molecule has 1 rings (SSSR count). The van der Waals surface area contributed by atoms with Crippen LogP contribution in [0.15, 0.2) is 30.4 Å². The SMILES string of the molecule is [C]1=C\C=C\C/C=C/CCCCC/1. The van der Waals surface area contributed by atoms with Crippen LogP contribution >= 0.6 is 0 Å². The highest BCUT2D eigenvalue weighted by atomic mass is 13.9. The maximum atomic E-state index is 3.27. The van der Waals surface area contributed by atoms with E-state index < -0.39 is 0 Å². The van der Waals surface area contributed by atoms with E-state index in [1.807, 2.05) is 6.08 Å². The minimum absolute atomic E-state index is 1.07. The summed E-state index contributed by atoms with van der Waals surface area (Å²) in [7, 11) is 0. The van der Waals surface area contributed by atoms with Crippen molar-refractivity contribution < 1.29 is 0 Å². The van der Waals surface area contributed by atoms with Crippen molar-refractivity contribution in [3.05, 3.63) is 36.5 Å². The average Bonchev–Trinajstić information content (AvgIpc) is 2.05. The minimum Gasteiger partial charge on any atom is -0.0882 e. The molecule has 0 unspecified atom stereocenters. The van der Waals surface area contributed by atoms with Crippen LogP contribution in [0.1, 0.15) is 38.5 Å². The Morgan fingerprint density at radius 3 is 2.92 bits per heavy atom. The van der Waals surface area contributed by atoms with Crippen molar-refractivity contribution in [3.63, 3.8) is 0 Å². The van der Waals surface area contributed by atoms with E-state index in [9.17, 15) is 0 Å². The van der Waals surface area contributed by atoms with Crippen molar-refractivity contribution in [2.24, 2.45) is 0 Å². The Bertz CT molecular complexity index is 172. The van der Waals surface area contributed by atoms with Gasteiger partial charge in [0.05, 0.1) is 0 Å². The lowest BCUT2D eigenvalue weighted by molar-refractivity contribution is 0.690. The van der Waals surface area contributed by atoms with Gasteiger partial charge in [0.25, 0.3) is 0 Å². The van der Waals surface area contributed by atoms with Crippen molar-refractivity contribution in [1.82, 2.24) is 0 Å². The molecule has 0 nitrogen and oxygen atoms in total. The Balaban J connectivity index is 2.31. The number of hydrogen-bond donors (Lipinski definition) is 0. The molecule has 65 valence electrons. The molecule has 0 amide bonds. The quantitative estimate of drug-likeness (QED) is 0.474. The van der Waals surface area contributed by atoms with Gasteiger partial charge >= 0.3 is 0 Å². The normalized spacial score (nSPS) is 28.0. The molecule has 1 aliphatic carbocycles. The van der Waals surface area contributed by atoms with Gasteiger partial charge in [0.2, 0.25) is 0 Å². The molecule has 0 N–H and O–H groups in total. The van der Waals surface area contributed by atoms with Crippen LogP contribution in [0, 0.1) is 6.08 Å². The predicted octanol–water partition coefficient (Wildman–Crippen LogP) is 3.81. The molecular formula is C12H17. The van der Waals surface area contributed by atoms with Crippen LogP contribution in [0.25, 0.3) is 0 Å². The summed E-state index contributed by atoms with van der Waals surface area (Å²) in [6.45, 7) is 0. The van der Waals surface area contributed by atoms with Crippen LogP contribution < -0.4 is 0 Å². The fourth-order valence-corrected chi connectivity index (χ4v) is 1.26. The maximum Gasteiger partial charge on any atom is -0.0166 e. The molecule has 0 heterocycles. The van der Waals surface area contributed by atoms with Gasteiger partial charge in [-0.05, 0) is 38.2 Å². The van der Waals surface area contributed by atoms with Gasteiger partial charge in [-0.2, -0.15) is 0 Å². The molecule has 0 aromatic heterocycles. The first-order chi connectivity index (χ1) is 6.00.